The molecule has 0 aliphatic carbocycles. The molecule has 1 atom stereocenters. The largest absolute Gasteiger partial charge is 0.352 e. The van der Waals surface area contributed by atoms with Crippen molar-refractivity contribution in [3.05, 3.63) is 95.1 Å². The van der Waals surface area contributed by atoms with E-state index < -0.39 is 28.5 Å². The number of carbonyl (C=O) groups excluding carboxylic acids is 2. The van der Waals surface area contributed by atoms with Crippen molar-refractivity contribution < 1.29 is 18.0 Å². The summed E-state index contributed by atoms with van der Waals surface area (Å²) < 4.78 is 28.8. The maximum Gasteiger partial charge on any atom is 0.264 e. The fourth-order valence-corrected chi connectivity index (χ4v) is 5.72. The van der Waals surface area contributed by atoms with Crippen LogP contribution in [0.2, 0.25) is 0 Å². The number of hydrogen-bond donors (Lipinski definition) is 1. The molecule has 1 N–H and O–H groups in total. The molecule has 38 heavy (non-hydrogen) atoms. The minimum Gasteiger partial charge on any atom is -0.352 e. The molecule has 0 aromatic heterocycles. The molecule has 0 saturated heterocycles. The van der Waals surface area contributed by atoms with Crippen molar-refractivity contribution >= 4 is 27.5 Å². The van der Waals surface area contributed by atoms with Crippen LogP contribution < -0.4 is 9.62 Å². The van der Waals surface area contributed by atoms with E-state index in [0.29, 0.717) is 5.69 Å². The van der Waals surface area contributed by atoms with Gasteiger partial charge >= 0.3 is 0 Å². The monoisotopic (exact) mass is 535 g/mol. The highest BCUT2D eigenvalue weighted by Gasteiger charge is 2.33. The summed E-state index contributed by atoms with van der Waals surface area (Å²) in [5, 5.41) is 2.87. The molecular weight excluding hydrogens is 498 g/mol. The maximum absolute atomic E-state index is 14.0. The lowest BCUT2D eigenvalue weighted by Crippen LogP contribution is -2.52. The van der Waals surface area contributed by atoms with Crippen LogP contribution in [-0.4, -0.2) is 43.8 Å². The Morgan fingerprint density at radius 3 is 2.00 bits per heavy atom. The zero-order valence-corrected chi connectivity index (χ0v) is 23.7. The molecule has 3 aromatic rings. The van der Waals surface area contributed by atoms with E-state index in [1.54, 1.807) is 37.3 Å². The van der Waals surface area contributed by atoms with E-state index in [0.717, 1.165) is 26.6 Å². The van der Waals surface area contributed by atoms with Crippen LogP contribution in [0.3, 0.4) is 0 Å². The van der Waals surface area contributed by atoms with Crippen molar-refractivity contribution in [1.29, 1.82) is 0 Å². The number of aryl methyl sites for hydroxylation is 3. The summed E-state index contributed by atoms with van der Waals surface area (Å²) in [6.45, 7) is 10.8. The molecule has 0 saturated carbocycles. The van der Waals surface area contributed by atoms with Gasteiger partial charge in [0.15, 0.2) is 0 Å². The lowest BCUT2D eigenvalue weighted by atomic mass is 10.1. The summed E-state index contributed by atoms with van der Waals surface area (Å²) in [6, 6.07) is 20.2. The fraction of sp³-hybridized carbons (Fsp3) is 0.333. The molecule has 202 valence electrons. The van der Waals surface area contributed by atoms with Crippen molar-refractivity contribution in [2.45, 2.75) is 65.1 Å². The van der Waals surface area contributed by atoms with Gasteiger partial charge in [-0.05, 0) is 88.1 Å². The van der Waals surface area contributed by atoms with Gasteiger partial charge in [0.05, 0.1) is 10.6 Å². The highest BCUT2D eigenvalue weighted by Crippen LogP contribution is 2.26. The van der Waals surface area contributed by atoms with Crippen LogP contribution in [0.5, 0.6) is 0 Å². The summed E-state index contributed by atoms with van der Waals surface area (Å²) in [5.74, 6) is -0.774. The van der Waals surface area contributed by atoms with Crippen molar-refractivity contribution in [2.75, 3.05) is 10.8 Å². The van der Waals surface area contributed by atoms with Crippen LogP contribution in [0.15, 0.2) is 77.7 Å². The Labute approximate surface area is 226 Å². The standard InChI is InChI=1S/C30H37N3O4S/c1-21(2)31-30(35)25(6)32(19-26-13-11-10-12-24(26)5)29(34)20-33(27-17-22(3)16-23(4)18-27)38(36,37)28-14-8-7-9-15-28/h7-18,21,25H,19-20H2,1-6H3,(H,31,35)/t25-/m0/s1. The quantitative estimate of drug-likeness (QED) is 0.406. The number of carbonyl (C=O) groups is 2. The molecular formula is C30H37N3O4S. The van der Waals surface area contributed by atoms with Crippen LogP contribution in [0.1, 0.15) is 43.0 Å². The Morgan fingerprint density at radius 2 is 1.42 bits per heavy atom. The SMILES string of the molecule is Cc1cc(C)cc(N(CC(=O)N(Cc2ccccc2C)[C@@H](C)C(=O)NC(C)C)S(=O)(=O)c2ccccc2)c1. The average Bonchev–Trinajstić information content (AvgIpc) is 2.85. The summed E-state index contributed by atoms with van der Waals surface area (Å²) in [6.07, 6.45) is 0. The van der Waals surface area contributed by atoms with Crippen LogP contribution >= 0.6 is 0 Å². The van der Waals surface area contributed by atoms with E-state index in [9.17, 15) is 18.0 Å². The molecule has 0 bridgehead atoms. The zero-order chi connectivity index (χ0) is 28.0. The van der Waals surface area contributed by atoms with Gasteiger partial charge in [0.25, 0.3) is 10.0 Å². The third-order valence-corrected chi connectivity index (χ3v) is 8.09. The van der Waals surface area contributed by atoms with Crippen molar-refractivity contribution in [3.8, 4) is 0 Å². The van der Waals surface area contributed by atoms with Crippen LogP contribution in [0.4, 0.5) is 5.69 Å². The average molecular weight is 536 g/mol. The van der Waals surface area contributed by atoms with Crippen LogP contribution in [0.25, 0.3) is 0 Å². The Morgan fingerprint density at radius 1 is 0.842 bits per heavy atom. The molecule has 8 heteroatoms. The minimum atomic E-state index is -4.08. The predicted octanol–water partition coefficient (Wildman–Crippen LogP) is 4.75. The van der Waals surface area contributed by atoms with Gasteiger partial charge in [-0.1, -0.05) is 48.5 Å². The van der Waals surface area contributed by atoms with Gasteiger partial charge in [-0.15, -0.1) is 0 Å². The van der Waals surface area contributed by atoms with Crippen molar-refractivity contribution in [3.63, 3.8) is 0 Å². The summed E-state index contributed by atoms with van der Waals surface area (Å²) in [4.78, 5) is 28.5. The second-order valence-electron chi connectivity index (χ2n) is 9.96. The molecule has 0 fully saturated rings. The number of benzene rings is 3. The van der Waals surface area contributed by atoms with Crippen molar-refractivity contribution in [1.82, 2.24) is 10.2 Å². The van der Waals surface area contributed by atoms with E-state index >= 15 is 0 Å². The number of hydrogen-bond acceptors (Lipinski definition) is 4. The lowest BCUT2D eigenvalue weighted by Gasteiger charge is -2.32. The highest BCUT2D eigenvalue weighted by molar-refractivity contribution is 7.92. The van der Waals surface area contributed by atoms with E-state index in [1.165, 1.54) is 17.0 Å². The molecule has 3 aromatic carbocycles. The van der Waals surface area contributed by atoms with Gasteiger partial charge in [-0.2, -0.15) is 0 Å². The smallest absolute Gasteiger partial charge is 0.264 e. The molecule has 0 radical (unpaired) electrons. The first-order chi connectivity index (χ1) is 17.9. The Bertz CT molecular complexity index is 1370. The number of nitrogens with one attached hydrogen (secondary N) is 1. The number of anilines is 1. The first kappa shape index (κ1) is 28.9. The fourth-order valence-electron chi connectivity index (χ4n) is 4.30. The van der Waals surface area contributed by atoms with Gasteiger partial charge in [-0.3, -0.25) is 13.9 Å². The highest BCUT2D eigenvalue weighted by atomic mass is 32.2. The number of rotatable bonds is 10. The molecule has 0 unspecified atom stereocenters. The summed E-state index contributed by atoms with van der Waals surface area (Å²) in [7, 11) is -4.08. The number of amides is 2. The van der Waals surface area contributed by atoms with E-state index in [1.807, 2.05) is 65.0 Å². The Hall–Kier alpha value is -3.65. The van der Waals surface area contributed by atoms with Gasteiger partial charge < -0.3 is 10.2 Å². The topological polar surface area (TPSA) is 86.8 Å². The Balaban J connectivity index is 2.07. The van der Waals surface area contributed by atoms with Gasteiger partial charge in [0.2, 0.25) is 11.8 Å². The first-order valence-electron chi connectivity index (χ1n) is 12.7. The second-order valence-corrected chi connectivity index (χ2v) is 11.8. The van der Waals surface area contributed by atoms with Crippen LogP contribution in [0, 0.1) is 20.8 Å². The van der Waals surface area contributed by atoms with Gasteiger partial charge in [0.1, 0.15) is 12.6 Å². The van der Waals surface area contributed by atoms with E-state index in [-0.39, 0.29) is 23.4 Å². The normalized spacial score (nSPS) is 12.2. The van der Waals surface area contributed by atoms with Gasteiger partial charge in [0, 0.05) is 12.6 Å². The molecule has 0 aliphatic heterocycles. The van der Waals surface area contributed by atoms with E-state index in [4.69, 9.17) is 0 Å². The predicted molar refractivity (Wildman–Crippen MR) is 151 cm³/mol. The third-order valence-electron chi connectivity index (χ3n) is 6.30. The minimum absolute atomic E-state index is 0.0861. The molecule has 0 spiro atoms. The van der Waals surface area contributed by atoms with Gasteiger partial charge in [-0.25, -0.2) is 8.42 Å². The molecule has 0 aliphatic rings. The maximum atomic E-state index is 14.0. The third kappa shape index (κ3) is 7.01. The number of nitrogens with zero attached hydrogens (tertiary/aromatic N) is 2. The lowest BCUT2D eigenvalue weighted by molar-refractivity contribution is -0.139. The Kier molecular flexibility index (Phi) is 9.33. The molecule has 3 rings (SSSR count). The number of sulfonamides is 1. The zero-order valence-electron chi connectivity index (χ0n) is 22.9. The van der Waals surface area contributed by atoms with E-state index in [2.05, 4.69) is 5.32 Å². The molecule has 2 amide bonds. The van der Waals surface area contributed by atoms with Crippen molar-refractivity contribution in [2.24, 2.45) is 0 Å². The molecule has 0 heterocycles. The second kappa shape index (κ2) is 12.3. The summed E-state index contributed by atoms with van der Waals surface area (Å²) >= 11 is 0. The summed E-state index contributed by atoms with van der Waals surface area (Å²) in [5.41, 5.74) is 4.01. The van der Waals surface area contributed by atoms with Crippen LogP contribution in [-0.2, 0) is 26.2 Å². The first-order valence-corrected chi connectivity index (χ1v) is 14.1. The molecule has 7 nitrogen and oxygen atoms in total.